The number of anilines is 1. The molecule has 0 saturated carbocycles. The van der Waals surface area contributed by atoms with Gasteiger partial charge in [-0.25, -0.2) is 13.4 Å². The molecule has 0 aliphatic rings. The number of benzene rings is 3. The first kappa shape index (κ1) is 24.5. The molecule has 0 bridgehead atoms. The molecule has 1 heterocycles. The fourth-order valence-corrected chi connectivity index (χ4v) is 5.21. The van der Waals surface area contributed by atoms with Crippen molar-refractivity contribution in [3.63, 3.8) is 0 Å². The number of aryl methyl sites for hydroxylation is 3. The van der Waals surface area contributed by atoms with Crippen LogP contribution in [0.2, 0.25) is 0 Å². The van der Waals surface area contributed by atoms with E-state index in [4.69, 9.17) is 4.98 Å². The van der Waals surface area contributed by atoms with Gasteiger partial charge in [0.25, 0.3) is 15.9 Å². The van der Waals surface area contributed by atoms with Crippen LogP contribution < -0.4 is 4.72 Å². The molecule has 8 heteroatoms. The number of fused-ring (bicyclic) bond motifs is 1. The minimum absolute atomic E-state index is 0.00671. The predicted molar refractivity (Wildman–Crippen MR) is 140 cm³/mol. The lowest BCUT2D eigenvalue weighted by molar-refractivity contribution is 0.0773. The molecule has 0 aliphatic carbocycles. The van der Waals surface area contributed by atoms with Gasteiger partial charge >= 0.3 is 0 Å². The number of hydrogen-bond donors (Lipinski definition) is 1. The van der Waals surface area contributed by atoms with Crippen molar-refractivity contribution in [1.29, 1.82) is 0 Å². The molecule has 0 spiro atoms. The molecular formula is C27H30N4O3S. The summed E-state index contributed by atoms with van der Waals surface area (Å²) in [5.74, 6) is 0.739. The zero-order chi connectivity index (χ0) is 25.3. The van der Waals surface area contributed by atoms with Gasteiger partial charge in [0.05, 0.1) is 21.6 Å². The van der Waals surface area contributed by atoms with E-state index in [1.807, 2.05) is 69.6 Å². The summed E-state index contributed by atoms with van der Waals surface area (Å²) in [4.78, 5) is 19.4. The Bertz CT molecular complexity index is 1500. The van der Waals surface area contributed by atoms with E-state index in [9.17, 15) is 13.2 Å². The summed E-state index contributed by atoms with van der Waals surface area (Å²) in [6, 6.07) is 17.8. The summed E-state index contributed by atoms with van der Waals surface area (Å²) in [6.45, 7) is 9.09. The second-order valence-corrected chi connectivity index (χ2v) is 10.3. The molecule has 0 radical (unpaired) electrons. The first-order valence-corrected chi connectivity index (χ1v) is 13.1. The molecule has 0 saturated heterocycles. The highest BCUT2D eigenvalue weighted by atomic mass is 32.2. The van der Waals surface area contributed by atoms with Gasteiger partial charge < -0.3 is 9.47 Å². The quantitative estimate of drug-likeness (QED) is 0.389. The van der Waals surface area contributed by atoms with Gasteiger partial charge in [-0.3, -0.25) is 9.52 Å². The number of nitrogens with zero attached hydrogens (tertiary/aromatic N) is 3. The Morgan fingerprint density at radius 1 is 0.943 bits per heavy atom. The average molecular weight is 491 g/mol. The summed E-state index contributed by atoms with van der Waals surface area (Å²) < 4.78 is 30.4. The highest BCUT2D eigenvalue weighted by Gasteiger charge is 2.17. The number of amides is 1. The van der Waals surface area contributed by atoms with E-state index >= 15 is 0 Å². The van der Waals surface area contributed by atoms with E-state index in [1.54, 1.807) is 35.2 Å². The van der Waals surface area contributed by atoms with Crippen LogP contribution in [0.3, 0.4) is 0 Å². The Morgan fingerprint density at radius 2 is 1.63 bits per heavy atom. The highest BCUT2D eigenvalue weighted by Crippen LogP contribution is 2.27. The number of imidazole rings is 1. The Labute approximate surface area is 206 Å². The topological polar surface area (TPSA) is 84.3 Å². The van der Waals surface area contributed by atoms with Gasteiger partial charge in [0.1, 0.15) is 5.82 Å². The maximum absolute atomic E-state index is 12.9. The molecule has 0 atom stereocenters. The van der Waals surface area contributed by atoms with Crippen molar-refractivity contribution in [2.24, 2.45) is 7.05 Å². The maximum Gasteiger partial charge on any atom is 0.261 e. The van der Waals surface area contributed by atoms with Crippen LogP contribution >= 0.6 is 0 Å². The molecule has 1 N–H and O–H groups in total. The Morgan fingerprint density at radius 3 is 2.26 bits per heavy atom. The maximum atomic E-state index is 12.9. The van der Waals surface area contributed by atoms with Gasteiger partial charge in [0, 0.05) is 31.3 Å². The molecule has 0 fully saturated rings. The zero-order valence-electron chi connectivity index (χ0n) is 20.7. The largest absolute Gasteiger partial charge is 0.339 e. The van der Waals surface area contributed by atoms with Gasteiger partial charge in [-0.05, 0) is 81.3 Å². The van der Waals surface area contributed by atoms with Gasteiger partial charge in [-0.2, -0.15) is 0 Å². The van der Waals surface area contributed by atoms with Gasteiger partial charge in [0.15, 0.2) is 0 Å². The fraction of sp³-hybridized carbons (Fsp3) is 0.259. The summed E-state index contributed by atoms with van der Waals surface area (Å²) >= 11 is 0. The monoisotopic (exact) mass is 490 g/mol. The molecular weight excluding hydrogens is 460 g/mol. The third-order valence-electron chi connectivity index (χ3n) is 6.36. The summed E-state index contributed by atoms with van der Waals surface area (Å²) in [5.41, 5.74) is 5.46. The summed E-state index contributed by atoms with van der Waals surface area (Å²) in [5, 5.41) is 0. The summed E-state index contributed by atoms with van der Waals surface area (Å²) in [6.07, 6.45) is 0. The SMILES string of the molecule is CCN(CC)C(=O)c1ccc(-c2nc3cc(NS(=O)(=O)c4ccc(C)c(C)c4)ccc3n2C)cc1. The van der Waals surface area contributed by atoms with Gasteiger partial charge in [-0.15, -0.1) is 0 Å². The molecule has 182 valence electrons. The van der Waals surface area contributed by atoms with Crippen LogP contribution in [0.1, 0.15) is 35.3 Å². The molecule has 4 aromatic rings. The van der Waals surface area contributed by atoms with E-state index in [1.165, 1.54) is 0 Å². The minimum Gasteiger partial charge on any atom is -0.339 e. The van der Waals surface area contributed by atoms with Crippen molar-refractivity contribution in [1.82, 2.24) is 14.5 Å². The third-order valence-corrected chi connectivity index (χ3v) is 7.74. The Balaban J connectivity index is 1.62. The van der Waals surface area contributed by atoms with Gasteiger partial charge in [0.2, 0.25) is 0 Å². The van der Waals surface area contributed by atoms with Crippen LogP contribution in [0.25, 0.3) is 22.4 Å². The smallest absolute Gasteiger partial charge is 0.261 e. The Hall–Kier alpha value is -3.65. The first-order chi connectivity index (χ1) is 16.6. The van der Waals surface area contributed by atoms with E-state index in [0.29, 0.717) is 29.9 Å². The van der Waals surface area contributed by atoms with Crippen molar-refractivity contribution < 1.29 is 13.2 Å². The highest BCUT2D eigenvalue weighted by molar-refractivity contribution is 7.92. The zero-order valence-corrected chi connectivity index (χ0v) is 21.5. The lowest BCUT2D eigenvalue weighted by Crippen LogP contribution is -2.30. The van der Waals surface area contributed by atoms with E-state index in [2.05, 4.69) is 4.72 Å². The molecule has 0 unspecified atom stereocenters. The Kier molecular flexibility index (Phi) is 6.67. The van der Waals surface area contributed by atoms with Crippen molar-refractivity contribution >= 4 is 32.7 Å². The lowest BCUT2D eigenvalue weighted by Gasteiger charge is -2.18. The van der Waals surface area contributed by atoms with E-state index in [0.717, 1.165) is 28.0 Å². The van der Waals surface area contributed by atoms with Crippen LogP contribution in [-0.4, -0.2) is 41.9 Å². The second-order valence-electron chi connectivity index (χ2n) is 8.60. The van der Waals surface area contributed by atoms with Crippen molar-refractivity contribution in [3.05, 3.63) is 77.4 Å². The number of carbonyl (C=O) groups is 1. The second kappa shape index (κ2) is 9.54. The number of rotatable bonds is 7. The lowest BCUT2D eigenvalue weighted by atomic mass is 10.1. The number of nitrogens with one attached hydrogen (secondary N) is 1. The van der Waals surface area contributed by atoms with E-state index < -0.39 is 10.0 Å². The summed E-state index contributed by atoms with van der Waals surface area (Å²) in [7, 11) is -1.81. The molecule has 0 aliphatic heterocycles. The van der Waals surface area contributed by atoms with Crippen LogP contribution in [0.5, 0.6) is 0 Å². The number of carbonyl (C=O) groups excluding carboxylic acids is 1. The standard InChI is InChI=1S/C27H30N4O3S/c1-6-31(7-2)27(32)21-11-9-20(10-12-21)26-28-24-17-22(13-15-25(24)30(26)5)29-35(33,34)23-14-8-18(3)19(4)16-23/h8-17,29H,6-7H2,1-5H3. The van der Waals surface area contributed by atoms with Crippen molar-refractivity contribution in [2.75, 3.05) is 17.8 Å². The van der Waals surface area contributed by atoms with Crippen molar-refractivity contribution in [3.8, 4) is 11.4 Å². The predicted octanol–water partition coefficient (Wildman–Crippen LogP) is 5.14. The molecule has 7 nitrogen and oxygen atoms in total. The van der Waals surface area contributed by atoms with Gasteiger partial charge in [-0.1, -0.05) is 18.2 Å². The molecule has 1 amide bonds. The average Bonchev–Trinajstić information content (AvgIpc) is 3.17. The van der Waals surface area contributed by atoms with Crippen LogP contribution in [-0.2, 0) is 17.1 Å². The van der Waals surface area contributed by atoms with Crippen molar-refractivity contribution in [2.45, 2.75) is 32.6 Å². The van der Waals surface area contributed by atoms with Crippen LogP contribution in [0, 0.1) is 13.8 Å². The number of sulfonamides is 1. The molecule has 1 aromatic heterocycles. The molecule has 35 heavy (non-hydrogen) atoms. The first-order valence-electron chi connectivity index (χ1n) is 11.6. The number of aromatic nitrogens is 2. The minimum atomic E-state index is -3.72. The van der Waals surface area contributed by atoms with Crippen LogP contribution in [0.15, 0.2) is 65.6 Å². The fourth-order valence-electron chi connectivity index (χ4n) is 4.07. The molecule has 4 rings (SSSR count). The number of hydrogen-bond acceptors (Lipinski definition) is 4. The normalized spacial score (nSPS) is 11.6. The third kappa shape index (κ3) is 4.79. The van der Waals surface area contributed by atoms with E-state index in [-0.39, 0.29) is 10.8 Å². The van der Waals surface area contributed by atoms with Crippen LogP contribution in [0.4, 0.5) is 5.69 Å². The molecule has 3 aromatic carbocycles.